The van der Waals surface area contributed by atoms with E-state index in [-0.39, 0.29) is 5.56 Å². The molecule has 3 aromatic rings. The van der Waals surface area contributed by atoms with Crippen molar-refractivity contribution in [1.82, 2.24) is 4.98 Å². The first-order chi connectivity index (χ1) is 12.0. The van der Waals surface area contributed by atoms with Gasteiger partial charge in [0.15, 0.2) is 6.10 Å². The number of para-hydroxylation sites is 1. The van der Waals surface area contributed by atoms with E-state index in [1.807, 2.05) is 18.2 Å². The maximum Gasteiger partial charge on any atom is 0.341 e. The number of hydrogen-bond acceptors (Lipinski definition) is 5. The Kier molecular flexibility index (Phi) is 4.53. The third-order valence-corrected chi connectivity index (χ3v) is 4.46. The van der Waals surface area contributed by atoms with Crippen LogP contribution in [0.3, 0.4) is 0 Å². The molecule has 0 aliphatic carbocycles. The quantitative estimate of drug-likeness (QED) is 0.609. The summed E-state index contributed by atoms with van der Waals surface area (Å²) < 4.78 is 5.23. The summed E-state index contributed by atoms with van der Waals surface area (Å²) in [6.45, 7) is 1.46. The summed E-state index contributed by atoms with van der Waals surface area (Å²) in [5.74, 6) is -1.79. The molecule has 0 spiro atoms. The van der Waals surface area contributed by atoms with Gasteiger partial charge in [0, 0.05) is 17.1 Å². The van der Waals surface area contributed by atoms with E-state index < -0.39 is 23.9 Å². The molecule has 1 atom stereocenters. The molecule has 4 N–H and O–H groups in total. The van der Waals surface area contributed by atoms with Crippen molar-refractivity contribution in [2.45, 2.75) is 13.0 Å². The van der Waals surface area contributed by atoms with Gasteiger partial charge in [-0.05, 0) is 24.4 Å². The Balaban J connectivity index is 1.70. The number of thiophene rings is 1. The highest BCUT2D eigenvalue weighted by molar-refractivity contribution is 7.14. The number of nitrogens with one attached hydrogen (secondary N) is 2. The summed E-state index contributed by atoms with van der Waals surface area (Å²) >= 11 is 1.16. The summed E-state index contributed by atoms with van der Waals surface area (Å²) in [6.07, 6.45) is 0.506. The van der Waals surface area contributed by atoms with Crippen molar-refractivity contribution in [2.75, 3.05) is 5.32 Å². The van der Waals surface area contributed by atoms with Gasteiger partial charge < -0.3 is 20.8 Å². The van der Waals surface area contributed by atoms with E-state index >= 15 is 0 Å². The van der Waals surface area contributed by atoms with Crippen molar-refractivity contribution in [3.63, 3.8) is 0 Å². The minimum absolute atomic E-state index is 0.216. The zero-order valence-electron chi connectivity index (χ0n) is 13.2. The van der Waals surface area contributed by atoms with Gasteiger partial charge in [0.05, 0.1) is 11.1 Å². The van der Waals surface area contributed by atoms with Crippen LogP contribution in [-0.2, 0) is 9.53 Å². The lowest BCUT2D eigenvalue weighted by molar-refractivity contribution is -0.123. The molecule has 0 aliphatic rings. The molecule has 7 nitrogen and oxygen atoms in total. The Morgan fingerprint density at radius 2 is 1.96 bits per heavy atom. The van der Waals surface area contributed by atoms with E-state index in [1.54, 1.807) is 17.6 Å². The smallest absolute Gasteiger partial charge is 0.341 e. The molecule has 128 valence electrons. The van der Waals surface area contributed by atoms with Crippen molar-refractivity contribution < 1.29 is 19.1 Å². The van der Waals surface area contributed by atoms with Crippen molar-refractivity contribution in [3.8, 4) is 0 Å². The molecular weight excluding hydrogens is 342 g/mol. The number of amides is 2. The Morgan fingerprint density at radius 3 is 2.72 bits per heavy atom. The second kappa shape index (κ2) is 6.78. The number of carbonyl (C=O) groups excluding carboxylic acids is 3. The Labute approximate surface area is 146 Å². The zero-order valence-corrected chi connectivity index (χ0v) is 14.1. The van der Waals surface area contributed by atoms with E-state index in [2.05, 4.69) is 10.3 Å². The lowest BCUT2D eigenvalue weighted by atomic mass is 10.2. The maximum atomic E-state index is 12.3. The number of aromatic amines is 1. The first kappa shape index (κ1) is 16.7. The second-order valence-corrected chi connectivity index (χ2v) is 6.23. The highest BCUT2D eigenvalue weighted by Crippen LogP contribution is 2.23. The number of fused-ring (bicyclic) bond motifs is 1. The number of nitrogens with two attached hydrogens (primary N) is 1. The number of H-pyrrole nitrogens is 1. The maximum absolute atomic E-state index is 12.3. The average Bonchev–Trinajstić information content (AvgIpc) is 3.21. The summed E-state index contributed by atoms with van der Waals surface area (Å²) in [5, 5.41) is 5.23. The SMILES string of the molecule is CC(OC(=O)c1c[nH]c2ccccc12)C(=O)Nc1sccc1C(N)=O. The van der Waals surface area contributed by atoms with Gasteiger partial charge >= 0.3 is 5.97 Å². The van der Waals surface area contributed by atoms with Crippen molar-refractivity contribution in [2.24, 2.45) is 5.73 Å². The highest BCUT2D eigenvalue weighted by atomic mass is 32.1. The zero-order chi connectivity index (χ0) is 18.0. The number of aromatic nitrogens is 1. The molecule has 0 bridgehead atoms. The minimum atomic E-state index is -1.04. The van der Waals surface area contributed by atoms with E-state index in [4.69, 9.17) is 10.5 Å². The topological polar surface area (TPSA) is 114 Å². The molecule has 2 amide bonds. The van der Waals surface area contributed by atoms with Gasteiger partial charge in [-0.3, -0.25) is 9.59 Å². The van der Waals surface area contributed by atoms with Crippen LogP contribution in [0.5, 0.6) is 0 Å². The molecule has 0 radical (unpaired) electrons. The van der Waals surface area contributed by atoms with Crippen LogP contribution in [0.4, 0.5) is 5.00 Å². The van der Waals surface area contributed by atoms with Crippen LogP contribution in [0.1, 0.15) is 27.6 Å². The monoisotopic (exact) mass is 357 g/mol. The van der Waals surface area contributed by atoms with Crippen LogP contribution in [0, 0.1) is 0 Å². The normalized spacial score (nSPS) is 11.9. The minimum Gasteiger partial charge on any atom is -0.449 e. The summed E-state index contributed by atoms with van der Waals surface area (Å²) in [5.41, 5.74) is 6.61. The predicted octanol–water partition coefficient (Wildman–Crippen LogP) is 2.51. The number of primary amides is 1. The number of ether oxygens (including phenoxy) is 1. The molecule has 0 saturated carbocycles. The molecule has 0 saturated heterocycles. The van der Waals surface area contributed by atoms with Crippen LogP contribution in [-0.4, -0.2) is 28.9 Å². The van der Waals surface area contributed by atoms with Gasteiger partial charge in [-0.15, -0.1) is 11.3 Å². The van der Waals surface area contributed by atoms with Crippen LogP contribution in [0.2, 0.25) is 0 Å². The fourth-order valence-corrected chi connectivity index (χ4v) is 3.13. The molecule has 2 heterocycles. The Hall–Kier alpha value is -3.13. The third-order valence-electron chi connectivity index (χ3n) is 3.63. The third kappa shape index (κ3) is 3.38. The second-order valence-electron chi connectivity index (χ2n) is 5.31. The van der Waals surface area contributed by atoms with Crippen LogP contribution in [0.25, 0.3) is 10.9 Å². The molecule has 1 unspecified atom stereocenters. The van der Waals surface area contributed by atoms with E-state index in [1.165, 1.54) is 13.0 Å². The molecule has 2 aromatic heterocycles. The average molecular weight is 357 g/mol. The molecule has 8 heteroatoms. The van der Waals surface area contributed by atoms with Crippen molar-refractivity contribution >= 4 is 45.0 Å². The largest absolute Gasteiger partial charge is 0.449 e. The van der Waals surface area contributed by atoms with E-state index in [9.17, 15) is 14.4 Å². The number of esters is 1. The van der Waals surface area contributed by atoms with Crippen molar-refractivity contribution in [3.05, 3.63) is 53.0 Å². The van der Waals surface area contributed by atoms with Gasteiger partial charge in [0.25, 0.3) is 11.8 Å². The summed E-state index contributed by atoms with van der Waals surface area (Å²) in [6, 6.07) is 8.81. The standard InChI is InChI=1S/C17H15N3O4S/c1-9(15(22)20-16-11(14(18)21)6-7-25-16)24-17(23)12-8-19-13-5-3-2-4-10(12)13/h2-9,19H,1H3,(H2,18,21)(H,20,22). The molecule has 3 rings (SSSR count). The predicted molar refractivity (Wildman–Crippen MR) is 94.6 cm³/mol. The van der Waals surface area contributed by atoms with Gasteiger partial charge in [0.1, 0.15) is 5.00 Å². The molecule has 0 aliphatic heterocycles. The summed E-state index contributed by atoms with van der Waals surface area (Å²) in [4.78, 5) is 38.8. The number of benzene rings is 1. The lowest BCUT2D eigenvalue weighted by Crippen LogP contribution is -2.30. The van der Waals surface area contributed by atoms with E-state index in [0.717, 1.165) is 22.2 Å². The number of rotatable bonds is 5. The van der Waals surface area contributed by atoms with Crippen molar-refractivity contribution in [1.29, 1.82) is 0 Å². The first-order valence-electron chi connectivity index (χ1n) is 7.42. The number of hydrogen-bond donors (Lipinski definition) is 3. The number of carbonyl (C=O) groups is 3. The Morgan fingerprint density at radius 1 is 1.20 bits per heavy atom. The van der Waals surface area contributed by atoms with Gasteiger partial charge in [-0.2, -0.15) is 0 Å². The fraction of sp³-hybridized carbons (Fsp3) is 0.118. The highest BCUT2D eigenvalue weighted by Gasteiger charge is 2.22. The lowest BCUT2D eigenvalue weighted by Gasteiger charge is -2.13. The van der Waals surface area contributed by atoms with Gasteiger partial charge in [-0.25, -0.2) is 4.79 Å². The summed E-state index contributed by atoms with van der Waals surface area (Å²) in [7, 11) is 0. The number of anilines is 1. The van der Waals surface area contributed by atoms with Gasteiger partial charge in [0.2, 0.25) is 0 Å². The molecule has 1 aromatic carbocycles. The van der Waals surface area contributed by atoms with Crippen LogP contribution < -0.4 is 11.1 Å². The van der Waals surface area contributed by atoms with E-state index in [0.29, 0.717) is 10.6 Å². The molecule has 0 fully saturated rings. The van der Waals surface area contributed by atoms with Gasteiger partial charge in [-0.1, -0.05) is 18.2 Å². The molecular formula is C17H15N3O4S. The fourth-order valence-electron chi connectivity index (χ4n) is 2.33. The molecule has 25 heavy (non-hydrogen) atoms. The Bertz CT molecular complexity index is 960. The van der Waals surface area contributed by atoms with Crippen LogP contribution in [0.15, 0.2) is 41.9 Å². The van der Waals surface area contributed by atoms with Crippen LogP contribution >= 0.6 is 11.3 Å². The first-order valence-corrected chi connectivity index (χ1v) is 8.30.